The number of likely N-dealkylation sites (N-methyl/N-ethyl adjacent to an activating group) is 1. The largest absolute Gasteiger partial charge is 0.383 e. The zero-order chi connectivity index (χ0) is 15.8. The Bertz CT molecular complexity index is 408. The number of aryl methyl sites for hydroxylation is 1. The third-order valence-corrected chi connectivity index (χ3v) is 3.61. The number of aromatic nitrogens is 2. The Morgan fingerprint density at radius 1 is 1.43 bits per heavy atom. The van der Waals surface area contributed by atoms with Crippen LogP contribution in [0.15, 0.2) is 6.20 Å². The molecule has 1 aromatic rings. The molecule has 0 saturated heterocycles. The van der Waals surface area contributed by atoms with Crippen LogP contribution in [0.3, 0.4) is 0 Å². The first-order valence-electron chi connectivity index (χ1n) is 7.51. The minimum atomic E-state index is 0.137. The molecule has 21 heavy (non-hydrogen) atoms. The van der Waals surface area contributed by atoms with Crippen LogP contribution in [0.5, 0.6) is 0 Å². The Hall–Kier alpha value is -1.11. The van der Waals surface area contributed by atoms with E-state index in [9.17, 15) is 0 Å². The number of rotatable bonds is 10. The monoisotopic (exact) mass is 298 g/mol. The molecule has 6 heteroatoms. The smallest absolute Gasteiger partial charge is 0.203 e. The number of methoxy groups -OCH3 is 2. The van der Waals surface area contributed by atoms with Crippen LogP contribution in [0, 0.1) is 6.92 Å². The third-order valence-electron chi connectivity index (χ3n) is 3.61. The summed E-state index contributed by atoms with van der Waals surface area (Å²) in [6.07, 6.45) is 2.18. The first-order valence-corrected chi connectivity index (χ1v) is 7.51. The van der Waals surface area contributed by atoms with E-state index in [1.807, 2.05) is 13.1 Å². The van der Waals surface area contributed by atoms with Crippen LogP contribution in [0.4, 0.5) is 5.95 Å². The lowest BCUT2D eigenvalue weighted by Gasteiger charge is -2.23. The van der Waals surface area contributed by atoms with Gasteiger partial charge in [-0.05, 0) is 27.4 Å². The van der Waals surface area contributed by atoms with Crippen molar-refractivity contribution < 1.29 is 9.47 Å². The van der Waals surface area contributed by atoms with E-state index in [1.54, 1.807) is 14.2 Å². The number of hydrogen-bond acceptors (Lipinski definition) is 5. The normalized spacial score (nSPS) is 14.4. The molecule has 0 fully saturated rings. The van der Waals surface area contributed by atoms with Gasteiger partial charge in [0.25, 0.3) is 0 Å². The molecule has 1 aromatic heterocycles. The summed E-state index contributed by atoms with van der Waals surface area (Å²) in [4.78, 5) is 6.78. The lowest BCUT2D eigenvalue weighted by molar-refractivity contribution is 0.0825. The highest BCUT2D eigenvalue weighted by molar-refractivity contribution is 5.29. The van der Waals surface area contributed by atoms with Crippen LogP contribution in [-0.2, 0) is 9.47 Å². The van der Waals surface area contributed by atoms with Crippen molar-refractivity contribution in [1.82, 2.24) is 14.5 Å². The van der Waals surface area contributed by atoms with Gasteiger partial charge in [0.15, 0.2) is 0 Å². The van der Waals surface area contributed by atoms with Gasteiger partial charge in [0, 0.05) is 33.5 Å². The summed E-state index contributed by atoms with van der Waals surface area (Å²) in [6.45, 7) is 9.57. The Balaban J connectivity index is 2.65. The van der Waals surface area contributed by atoms with Gasteiger partial charge in [0.2, 0.25) is 5.95 Å². The van der Waals surface area contributed by atoms with Gasteiger partial charge in [-0.15, -0.1) is 0 Å². The molecule has 0 aliphatic rings. The SMILES string of the molecule is CCN(C)CC(CNc1nc(C)cn1C(C)COC)OC. The number of ether oxygens (including phenoxy) is 2. The molecule has 1 rings (SSSR count). The van der Waals surface area contributed by atoms with Crippen LogP contribution >= 0.6 is 0 Å². The van der Waals surface area contributed by atoms with Crippen molar-refractivity contribution in [2.45, 2.75) is 32.9 Å². The van der Waals surface area contributed by atoms with Crippen molar-refractivity contribution in [3.8, 4) is 0 Å². The quantitative estimate of drug-likeness (QED) is 0.713. The first-order chi connectivity index (χ1) is 10.0. The zero-order valence-electron chi connectivity index (χ0n) is 14.2. The Kier molecular flexibility index (Phi) is 7.71. The molecule has 122 valence electrons. The van der Waals surface area contributed by atoms with Crippen molar-refractivity contribution in [2.75, 3.05) is 52.8 Å². The highest BCUT2D eigenvalue weighted by Gasteiger charge is 2.14. The fourth-order valence-electron chi connectivity index (χ4n) is 2.21. The second kappa shape index (κ2) is 9.02. The van der Waals surface area contributed by atoms with Crippen LogP contribution in [0.25, 0.3) is 0 Å². The lowest BCUT2D eigenvalue weighted by Crippen LogP contribution is -2.35. The lowest BCUT2D eigenvalue weighted by atomic mass is 10.3. The molecule has 0 amide bonds. The molecular formula is C15H30N4O2. The van der Waals surface area contributed by atoms with Crippen LogP contribution in [0.1, 0.15) is 25.6 Å². The van der Waals surface area contributed by atoms with Gasteiger partial charge in [0.05, 0.1) is 24.4 Å². The molecule has 2 atom stereocenters. The predicted octanol–water partition coefficient (Wildman–Crippen LogP) is 1.78. The van der Waals surface area contributed by atoms with E-state index < -0.39 is 0 Å². The van der Waals surface area contributed by atoms with Crippen molar-refractivity contribution in [3.63, 3.8) is 0 Å². The van der Waals surface area contributed by atoms with Crippen molar-refractivity contribution in [3.05, 3.63) is 11.9 Å². The van der Waals surface area contributed by atoms with Crippen molar-refractivity contribution in [2.24, 2.45) is 0 Å². The van der Waals surface area contributed by atoms with Gasteiger partial charge < -0.3 is 24.3 Å². The number of hydrogen-bond donors (Lipinski definition) is 1. The summed E-state index contributed by atoms with van der Waals surface area (Å²) in [5.41, 5.74) is 1.00. The van der Waals surface area contributed by atoms with E-state index in [0.29, 0.717) is 6.61 Å². The molecule has 0 aliphatic heterocycles. The molecule has 0 saturated carbocycles. The summed E-state index contributed by atoms with van der Waals surface area (Å²) < 4.78 is 12.9. The average Bonchev–Trinajstić information content (AvgIpc) is 2.84. The van der Waals surface area contributed by atoms with Gasteiger partial charge in [-0.25, -0.2) is 4.98 Å². The van der Waals surface area contributed by atoms with Crippen LogP contribution in [-0.4, -0.2) is 68.1 Å². The fraction of sp³-hybridized carbons (Fsp3) is 0.800. The molecule has 0 bridgehead atoms. The van der Waals surface area contributed by atoms with Gasteiger partial charge in [-0.1, -0.05) is 6.92 Å². The maximum atomic E-state index is 5.53. The average molecular weight is 298 g/mol. The van der Waals surface area contributed by atoms with Gasteiger partial charge in [0.1, 0.15) is 0 Å². The Morgan fingerprint density at radius 2 is 2.14 bits per heavy atom. The molecule has 0 spiro atoms. The van der Waals surface area contributed by atoms with Crippen LogP contribution < -0.4 is 5.32 Å². The van der Waals surface area contributed by atoms with E-state index in [1.165, 1.54) is 0 Å². The maximum Gasteiger partial charge on any atom is 0.203 e. The molecular weight excluding hydrogens is 268 g/mol. The van der Waals surface area contributed by atoms with E-state index in [-0.39, 0.29) is 12.1 Å². The van der Waals surface area contributed by atoms with Gasteiger partial charge in [-0.3, -0.25) is 0 Å². The number of nitrogens with one attached hydrogen (secondary N) is 1. The molecule has 2 unspecified atom stereocenters. The Morgan fingerprint density at radius 3 is 2.71 bits per heavy atom. The second-order valence-corrected chi connectivity index (χ2v) is 5.51. The van der Waals surface area contributed by atoms with Gasteiger partial charge in [-0.2, -0.15) is 0 Å². The van der Waals surface area contributed by atoms with E-state index >= 15 is 0 Å². The van der Waals surface area contributed by atoms with Gasteiger partial charge >= 0.3 is 0 Å². The standard InChI is InChI=1S/C15H30N4O2/c1-7-18(4)10-14(21-6)8-16-15-17-12(2)9-19(15)13(3)11-20-5/h9,13-14H,7-8,10-11H2,1-6H3,(H,16,17). The molecule has 1 heterocycles. The molecule has 0 aliphatic carbocycles. The van der Waals surface area contributed by atoms with E-state index in [2.05, 4.69) is 40.7 Å². The topological polar surface area (TPSA) is 51.6 Å². The molecule has 0 aromatic carbocycles. The third kappa shape index (κ3) is 5.65. The summed E-state index contributed by atoms with van der Waals surface area (Å²) in [6, 6.07) is 0.248. The minimum absolute atomic E-state index is 0.137. The van der Waals surface area contributed by atoms with Crippen molar-refractivity contribution >= 4 is 5.95 Å². The zero-order valence-corrected chi connectivity index (χ0v) is 14.2. The first kappa shape index (κ1) is 17.9. The summed E-state index contributed by atoms with van der Waals surface area (Å²) in [5, 5.41) is 3.40. The summed E-state index contributed by atoms with van der Waals surface area (Å²) >= 11 is 0. The summed E-state index contributed by atoms with van der Waals surface area (Å²) in [5.74, 6) is 0.873. The number of nitrogens with zero attached hydrogens (tertiary/aromatic N) is 3. The highest BCUT2D eigenvalue weighted by Crippen LogP contribution is 2.16. The maximum absolute atomic E-state index is 5.53. The Labute approximate surface area is 128 Å². The number of imidazole rings is 1. The molecule has 6 nitrogen and oxygen atoms in total. The highest BCUT2D eigenvalue weighted by atomic mass is 16.5. The minimum Gasteiger partial charge on any atom is -0.383 e. The fourth-order valence-corrected chi connectivity index (χ4v) is 2.21. The molecule has 0 radical (unpaired) electrons. The van der Waals surface area contributed by atoms with Crippen molar-refractivity contribution in [1.29, 1.82) is 0 Å². The predicted molar refractivity (Wildman–Crippen MR) is 86.0 cm³/mol. The second-order valence-electron chi connectivity index (χ2n) is 5.51. The number of anilines is 1. The van der Waals surface area contributed by atoms with Crippen LogP contribution in [0.2, 0.25) is 0 Å². The molecule has 1 N–H and O–H groups in total. The van der Waals surface area contributed by atoms with E-state index in [4.69, 9.17) is 9.47 Å². The van der Waals surface area contributed by atoms with E-state index in [0.717, 1.165) is 31.3 Å². The summed E-state index contributed by atoms with van der Waals surface area (Å²) in [7, 11) is 5.56.